The monoisotopic (exact) mass is 332 g/mol. The third-order valence-corrected chi connectivity index (χ3v) is 3.31. The van der Waals surface area contributed by atoms with Crippen molar-refractivity contribution in [3.05, 3.63) is 38.3 Å². The Bertz CT molecular complexity index is 428. The van der Waals surface area contributed by atoms with E-state index < -0.39 is 11.0 Å². The Hall–Kier alpha value is -1.02. The molecule has 0 saturated carbocycles. The second-order valence-corrected chi connectivity index (χ2v) is 4.96. The van der Waals surface area contributed by atoms with Crippen molar-refractivity contribution in [2.75, 3.05) is 20.3 Å². The van der Waals surface area contributed by atoms with Crippen LogP contribution in [0.25, 0.3) is 0 Å². The van der Waals surface area contributed by atoms with Crippen LogP contribution in [0.4, 0.5) is 5.69 Å². The molecule has 1 aromatic carbocycles. The number of hydrogen-bond donors (Lipinski definition) is 2. The van der Waals surface area contributed by atoms with Crippen molar-refractivity contribution in [1.29, 1.82) is 0 Å². The third kappa shape index (κ3) is 5.65. The van der Waals surface area contributed by atoms with E-state index in [-0.39, 0.29) is 5.69 Å². The number of rotatable bonds is 8. The Labute approximate surface area is 120 Å². The fraction of sp³-hybridized carbons (Fsp3) is 0.500. The second-order valence-electron chi connectivity index (χ2n) is 4.11. The number of aliphatic hydroxyl groups excluding tert-OH is 1. The number of nitro benzene ring substituents is 1. The molecule has 0 spiro atoms. The quantitative estimate of drug-likeness (QED) is 0.431. The highest BCUT2D eigenvalue weighted by Crippen LogP contribution is 2.22. The Kier molecular flexibility index (Phi) is 6.93. The molecular formula is C12H17BrN2O4. The largest absolute Gasteiger partial charge is 0.391 e. The van der Waals surface area contributed by atoms with Gasteiger partial charge < -0.3 is 15.2 Å². The lowest BCUT2D eigenvalue weighted by molar-refractivity contribution is -0.384. The van der Waals surface area contributed by atoms with Gasteiger partial charge in [0.2, 0.25) is 0 Å². The topological polar surface area (TPSA) is 84.6 Å². The predicted octanol–water partition coefficient (Wildman–Crippen LogP) is 1.84. The van der Waals surface area contributed by atoms with Crippen LogP contribution in [-0.4, -0.2) is 36.4 Å². The van der Waals surface area contributed by atoms with Crippen molar-refractivity contribution < 1.29 is 14.8 Å². The van der Waals surface area contributed by atoms with E-state index in [0.29, 0.717) is 30.6 Å². The van der Waals surface area contributed by atoms with E-state index in [4.69, 9.17) is 4.74 Å². The van der Waals surface area contributed by atoms with Crippen LogP contribution in [0.3, 0.4) is 0 Å². The van der Waals surface area contributed by atoms with Gasteiger partial charge in [-0.25, -0.2) is 0 Å². The lowest BCUT2D eigenvalue weighted by Gasteiger charge is -2.10. The number of methoxy groups -OCH3 is 1. The number of nitrogens with zero attached hydrogens (tertiary/aromatic N) is 1. The summed E-state index contributed by atoms with van der Waals surface area (Å²) in [5.41, 5.74) is 0.998. The van der Waals surface area contributed by atoms with Crippen LogP contribution in [0.15, 0.2) is 22.7 Å². The van der Waals surface area contributed by atoms with Crippen LogP contribution in [0.2, 0.25) is 0 Å². The predicted molar refractivity (Wildman–Crippen MR) is 75.0 cm³/mol. The molecule has 0 saturated heterocycles. The summed E-state index contributed by atoms with van der Waals surface area (Å²) in [7, 11) is 1.55. The summed E-state index contributed by atoms with van der Waals surface area (Å²) < 4.78 is 5.53. The highest BCUT2D eigenvalue weighted by atomic mass is 79.9. The van der Waals surface area contributed by atoms with Gasteiger partial charge in [0, 0.05) is 30.3 Å². The summed E-state index contributed by atoms with van der Waals surface area (Å²) in [6.07, 6.45) is 0.121. The zero-order valence-electron chi connectivity index (χ0n) is 10.6. The summed E-state index contributed by atoms with van der Waals surface area (Å²) in [4.78, 5) is 10.2. The van der Waals surface area contributed by atoms with Crippen LogP contribution in [-0.2, 0) is 11.3 Å². The van der Waals surface area contributed by atoms with Crippen molar-refractivity contribution in [3.63, 3.8) is 0 Å². The van der Waals surface area contributed by atoms with Crippen LogP contribution < -0.4 is 5.32 Å². The summed E-state index contributed by atoms with van der Waals surface area (Å²) >= 11 is 3.31. The van der Waals surface area contributed by atoms with Crippen molar-refractivity contribution in [2.45, 2.75) is 19.1 Å². The van der Waals surface area contributed by atoms with Gasteiger partial charge in [0.25, 0.3) is 5.69 Å². The molecule has 0 aliphatic rings. The first kappa shape index (κ1) is 16.0. The van der Waals surface area contributed by atoms with Crippen LogP contribution in [0.1, 0.15) is 12.0 Å². The highest BCUT2D eigenvalue weighted by molar-refractivity contribution is 9.10. The lowest BCUT2D eigenvalue weighted by atomic mass is 10.2. The Balaban J connectivity index is 2.39. The lowest BCUT2D eigenvalue weighted by Crippen LogP contribution is -2.23. The second kappa shape index (κ2) is 8.21. The third-order valence-electron chi connectivity index (χ3n) is 2.58. The number of nitro groups is 1. The number of benzene rings is 1. The van der Waals surface area contributed by atoms with Crippen molar-refractivity contribution in [1.82, 2.24) is 5.32 Å². The molecule has 0 amide bonds. The zero-order chi connectivity index (χ0) is 14.3. The van der Waals surface area contributed by atoms with Gasteiger partial charge in [-0.05, 0) is 24.6 Å². The first-order valence-electron chi connectivity index (χ1n) is 5.85. The maximum Gasteiger partial charge on any atom is 0.270 e. The minimum Gasteiger partial charge on any atom is -0.391 e. The zero-order valence-corrected chi connectivity index (χ0v) is 12.2. The van der Waals surface area contributed by atoms with Crippen molar-refractivity contribution >= 4 is 21.6 Å². The van der Waals surface area contributed by atoms with Crippen LogP contribution >= 0.6 is 15.9 Å². The van der Waals surface area contributed by atoms with E-state index in [1.54, 1.807) is 13.2 Å². The molecule has 6 nitrogen and oxygen atoms in total. The molecule has 0 aliphatic heterocycles. The van der Waals surface area contributed by atoms with E-state index >= 15 is 0 Å². The molecule has 1 rings (SSSR count). The molecule has 0 fully saturated rings. The number of nitrogens with one attached hydrogen (secondary N) is 1. The van der Waals surface area contributed by atoms with E-state index in [0.717, 1.165) is 5.56 Å². The van der Waals surface area contributed by atoms with Crippen LogP contribution in [0.5, 0.6) is 0 Å². The first-order valence-corrected chi connectivity index (χ1v) is 6.64. The number of halogens is 1. The summed E-state index contributed by atoms with van der Waals surface area (Å²) in [6.45, 7) is 1.55. The Morgan fingerprint density at radius 3 is 2.89 bits per heavy atom. The molecule has 0 heterocycles. The van der Waals surface area contributed by atoms with Crippen LogP contribution in [0, 0.1) is 10.1 Å². The molecule has 7 heteroatoms. The molecule has 106 valence electrons. The summed E-state index contributed by atoms with van der Waals surface area (Å²) in [5.74, 6) is 0. The molecule has 0 radical (unpaired) electrons. The molecule has 0 aromatic heterocycles. The maximum absolute atomic E-state index is 10.6. The van der Waals surface area contributed by atoms with Gasteiger partial charge in [-0.15, -0.1) is 0 Å². The normalized spacial score (nSPS) is 12.4. The van der Waals surface area contributed by atoms with E-state index in [1.807, 2.05) is 0 Å². The molecular weight excluding hydrogens is 316 g/mol. The molecule has 1 aromatic rings. The van der Waals surface area contributed by atoms with E-state index in [2.05, 4.69) is 21.2 Å². The number of ether oxygens (including phenoxy) is 1. The van der Waals surface area contributed by atoms with Crippen molar-refractivity contribution in [2.24, 2.45) is 0 Å². The van der Waals surface area contributed by atoms with Gasteiger partial charge in [0.15, 0.2) is 0 Å². The number of aliphatic hydroxyl groups is 1. The minimum absolute atomic E-state index is 0.0612. The molecule has 1 atom stereocenters. The molecule has 2 N–H and O–H groups in total. The van der Waals surface area contributed by atoms with Gasteiger partial charge in [0.1, 0.15) is 0 Å². The standard InChI is InChI=1S/C12H17BrN2O4/c1-19-8-11(16)4-5-14-7-9-2-3-10(15(17)18)6-12(9)13/h2-3,6,11,14,16H,4-5,7-8H2,1H3. The molecule has 1 unspecified atom stereocenters. The molecule has 19 heavy (non-hydrogen) atoms. The van der Waals surface area contributed by atoms with Crippen molar-refractivity contribution in [3.8, 4) is 0 Å². The van der Waals surface area contributed by atoms with Gasteiger partial charge in [0.05, 0.1) is 17.6 Å². The SMILES string of the molecule is COCC(O)CCNCc1ccc([N+](=O)[O-])cc1Br. The molecule has 0 aliphatic carbocycles. The smallest absolute Gasteiger partial charge is 0.270 e. The Morgan fingerprint density at radius 1 is 1.58 bits per heavy atom. The highest BCUT2D eigenvalue weighted by Gasteiger charge is 2.09. The molecule has 0 bridgehead atoms. The van der Waals surface area contributed by atoms with E-state index in [9.17, 15) is 15.2 Å². The van der Waals surface area contributed by atoms with Gasteiger partial charge in [-0.1, -0.05) is 15.9 Å². The summed E-state index contributed by atoms with van der Waals surface area (Å²) in [6, 6.07) is 4.67. The maximum atomic E-state index is 10.6. The van der Waals surface area contributed by atoms with Gasteiger partial charge >= 0.3 is 0 Å². The minimum atomic E-state index is -0.474. The average Bonchev–Trinajstić information content (AvgIpc) is 2.36. The average molecular weight is 333 g/mol. The first-order chi connectivity index (χ1) is 9.04. The van der Waals surface area contributed by atoms with Gasteiger partial charge in [-0.3, -0.25) is 10.1 Å². The summed E-state index contributed by atoms with van der Waals surface area (Å²) in [5, 5.41) is 23.2. The van der Waals surface area contributed by atoms with E-state index in [1.165, 1.54) is 12.1 Å². The number of hydrogen-bond acceptors (Lipinski definition) is 5. The fourth-order valence-corrected chi connectivity index (χ4v) is 2.07. The number of non-ortho nitro benzene ring substituents is 1. The Morgan fingerprint density at radius 2 is 2.32 bits per heavy atom. The fourth-order valence-electron chi connectivity index (χ4n) is 1.56. The van der Waals surface area contributed by atoms with Gasteiger partial charge in [-0.2, -0.15) is 0 Å².